The van der Waals surface area contributed by atoms with Crippen molar-refractivity contribution in [2.24, 2.45) is 11.7 Å². The molecule has 3 rings (SSSR count). The maximum atomic E-state index is 5.78. The summed E-state index contributed by atoms with van der Waals surface area (Å²) in [5, 5.41) is 0. The summed E-state index contributed by atoms with van der Waals surface area (Å²) in [5.74, 6) is 1.79. The SMILES string of the molecule is Cc1cnc(-c2nc(C)c3c(n2)CCC(CN)C3)nc1. The highest BCUT2D eigenvalue weighted by molar-refractivity contribution is 5.45. The Balaban J connectivity index is 2.00. The van der Waals surface area contributed by atoms with Gasteiger partial charge < -0.3 is 5.73 Å². The van der Waals surface area contributed by atoms with Crippen LogP contribution >= 0.6 is 0 Å². The molecule has 2 N–H and O–H groups in total. The summed E-state index contributed by atoms with van der Waals surface area (Å²) in [6.07, 6.45) is 6.66. The first kappa shape index (κ1) is 13.1. The lowest BCUT2D eigenvalue weighted by molar-refractivity contribution is 0.460. The van der Waals surface area contributed by atoms with Crippen molar-refractivity contribution in [1.82, 2.24) is 19.9 Å². The van der Waals surface area contributed by atoms with Gasteiger partial charge in [-0.3, -0.25) is 0 Å². The van der Waals surface area contributed by atoms with Gasteiger partial charge in [0.15, 0.2) is 11.6 Å². The molecule has 2 aromatic heterocycles. The Labute approximate surface area is 118 Å². The zero-order valence-electron chi connectivity index (χ0n) is 11.9. The van der Waals surface area contributed by atoms with E-state index >= 15 is 0 Å². The number of hydrogen-bond donors (Lipinski definition) is 1. The molecule has 0 aromatic carbocycles. The van der Waals surface area contributed by atoms with E-state index < -0.39 is 0 Å². The molecule has 1 unspecified atom stereocenters. The van der Waals surface area contributed by atoms with Crippen LogP contribution in [0.5, 0.6) is 0 Å². The van der Waals surface area contributed by atoms with E-state index in [0.29, 0.717) is 17.6 Å². The minimum atomic E-state index is 0.561. The van der Waals surface area contributed by atoms with Crippen LogP contribution in [0.25, 0.3) is 11.6 Å². The van der Waals surface area contributed by atoms with E-state index in [1.54, 1.807) is 12.4 Å². The minimum absolute atomic E-state index is 0.561. The van der Waals surface area contributed by atoms with Crippen LogP contribution in [0, 0.1) is 19.8 Å². The Morgan fingerprint density at radius 3 is 2.60 bits per heavy atom. The van der Waals surface area contributed by atoms with E-state index in [9.17, 15) is 0 Å². The zero-order chi connectivity index (χ0) is 14.1. The molecule has 104 valence electrons. The molecule has 5 heteroatoms. The molecule has 0 spiro atoms. The lowest BCUT2D eigenvalue weighted by Gasteiger charge is -2.24. The molecule has 2 aromatic rings. The van der Waals surface area contributed by atoms with Gasteiger partial charge in [-0.2, -0.15) is 0 Å². The van der Waals surface area contributed by atoms with Crippen molar-refractivity contribution in [3.63, 3.8) is 0 Å². The summed E-state index contributed by atoms with van der Waals surface area (Å²) in [7, 11) is 0. The van der Waals surface area contributed by atoms with E-state index in [1.807, 2.05) is 13.8 Å². The molecule has 5 nitrogen and oxygen atoms in total. The fraction of sp³-hybridized carbons (Fsp3) is 0.467. The molecule has 0 aliphatic heterocycles. The van der Waals surface area contributed by atoms with Crippen molar-refractivity contribution in [3.05, 3.63) is 34.9 Å². The summed E-state index contributed by atoms with van der Waals surface area (Å²) < 4.78 is 0. The summed E-state index contributed by atoms with van der Waals surface area (Å²) in [6.45, 7) is 4.74. The fourth-order valence-corrected chi connectivity index (χ4v) is 2.67. The number of nitrogens with zero attached hydrogens (tertiary/aromatic N) is 4. The third-order valence-electron chi connectivity index (χ3n) is 3.90. The molecule has 0 saturated carbocycles. The molecule has 1 aliphatic carbocycles. The van der Waals surface area contributed by atoms with Gasteiger partial charge in [0.25, 0.3) is 0 Å². The molecule has 0 fully saturated rings. The lowest BCUT2D eigenvalue weighted by Crippen LogP contribution is -2.24. The van der Waals surface area contributed by atoms with Crippen LogP contribution in [0.15, 0.2) is 12.4 Å². The van der Waals surface area contributed by atoms with E-state index in [1.165, 1.54) is 5.56 Å². The summed E-state index contributed by atoms with van der Waals surface area (Å²) in [5.41, 5.74) is 10.3. The molecule has 1 atom stereocenters. The average molecular weight is 269 g/mol. The van der Waals surface area contributed by atoms with Gasteiger partial charge in [-0.25, -0.2) is 19.9 Å². The topological polar surface area (TPSA) is 77.6 Å². The Kier molecular flexibility index (Phi) is 3.44. The van der Waals surface area contributed by atoms with Crippen molar-refractivity contribution < 1.29 is 0 Å². The minimum Gasteiger partial charge on any atom is -0.330 e. The standard InChI is InChI=1S/C15H19N5/c1-9-7-17-14(18-8-9)15-19-10(2)12-5-11(6-16)3-4-13(12)20-15/h7-8,11H,3-6,16H2,1-2H3. The van der Waals surface area contributed by atoms with Crippen LogP contribution in [-0.4, -0.2) is 26.5 Å². The average Bonchev–Trinajstić information content (AvgIpc) is 2.47. The monoisotopic (exact) mass is 269 g/mol. The number of fused-ring (bicyclic) bond motifs is 1. The van der Waals surface area contributed by atoms with Crippen LogP contribution in [0.3, 0.4) is 0 Å². The Morgan fingerprint density at radius 1 is 1.15 bits per heavy atom. The second-order valence-electron chi connectivity index (χ2n) is 5.49. The summed E-state index contributed by atoms with van der Waals surface area (Å²) in [4.78, 5) is 17.9. The first-order valence-corrected chi connectivity index (χ1v) is 7.03. The van der Waals surface area contributed by atoms with Crippen molar-refractivity contribution in [2.75, 3.05) is 6.54 Å². The number of nitrogens with two attached hydrogens (primary N) is 1. The van der Waals surface area contributed by atoms with E-state index in [0.717, 1.165) is 42.8 Å². The highest BCUT2D eigenvalue weighted by Gasteiger charge is 2.22. The molecule has 0 saturated heterocycles. The Hall–Kier alpha value is -1.88. The quantitative estimate of drug-likeness (QED) is 0.896. The first-order chi connectivity index (χ1) is 9.67. The van der Waals surface area contributed by atoms with Gasteiger partial charge in [-0.15, -0.1) is 0 Å². The molecule has 2 heterocycles. The van der Waals surface area contributed by atoms with Crippen molar-refractivity contribution in [1.29, 1.82) is 0 Å². The molecule has 1 aliphatic rings. The predicted octanol–water partition coefficient (Wildman–Crippen LogP) is 1.61. The fourth-order valence-electron chi connectivity index (χ4n) is 2.67. The van der Waals surface area contributed by atoms with Gasteiger partial charge in [0, 0.05) is 23.8 Å². The highest BCUT2D eigenvalue weighted by Crippen LogP contribution is 2.27. The lowest BCUT2D eigenvalue weighted by atomic mass is 9.86. The Morgan fingerprint density at radius 2 is 1.90 bits per heavy atom. The smallest absolute Gasteiger partial charge is 0.198 e. The van der Waals surface area contributed by atoms with Crippen LogP contribution in [0.2, 0.25) is 0 Å². The number of rotatable bonds is 2. The molecule has 0 radical (unpaired) electrons. The van der Waals surface area contributed by atoms with Crippen molar-refractivity contribution in [2.45, 2.75) is 33.1 Å². The van der Waals surface area contributed by atoms with Crippen LogP contribution in [-0.2, 0) is 12.8 Å². The van der Waals surface area contributed by atoms with E-state index in [4.69, 9.17) is 5.73 Å². The maximum Gasteiger partial charge on any atom is 0.198 e. The largest absolute Gasteiger partial charge is 0.330 e. The number of aromatic nitrogens is 4. The second kappa shape index (κ2) is 5.25. The van der Waals surface area contributed by atoms with Crippen LogP contribution in [0.4, 0.5) is 0 Å². The zero-order valence-corrected chi connectivity index (χ0v) is 11.9. The summed E-state index contributed by atoms with van der Waals surface area (Å²) >= 11 is 0. The van der Waals surface area contributed by atoms with Crippen molar-refractivity contribution in [3.8, 4) is 11.6 Å². The van der Waals surface area contributed by atoms with Gasteiger partial charge in [0.1, 0.15) is 0 Å². The van der Waals surface area contributed by atoms with Gasteiger partial charge in [-0.1, -0.05) is 0 Å². The number of hydrogen-bond acceptors (Lipinski definition) is 5. The molecule has 20 heavy (non-hydrogen) atoms. The van der Waals surface area contributed by atoms with Crippen LogP contribution < -0.4 is 5.73 Å². The molecule has 0 amide bonds. The van der Waals surface area contributed by atoms with Crippen molar-refractivity contribution >= 4 is 0 Å². The van der Waals surface area contributed by atoms with Gasteiger partial charge in [0.2, 0.25) is 0 Å². The highest BCUT2D eigenvalue weighted by atomic mass is 15.0. The van der Waals surface area contributed by atoms with Gasteiger partial charge >= 0.3 is 0 Å². The number of aryl methyl sites for hydroxylation is 3. The third kappa shape index (κ3) is 2.41. The van der Waals surface area contributed by atoms with E-state index in [-0.39, 0.29) is 0 Å². The van der Waals surface area contributed by atoms with Crippen LogP contribution in [0.1, 0.15) is 28.9 Å². The Bertz CT molecular complexity index is 621. The van der Waals surface area contributed by atoms with Gasteiger partial charge in [-0.05, 0) is 56.7 Å². The molecular weight excluding hydrogens is 250 g/mol. The predicted molar refractivity (Wildman–Crippen MR) is 77.1 cm³/mol. The first-order valence-electron chi connectivity index (χ1n) is 7.03. The van der Waals surface area contributed by atoms with Gasteiger partial charge in [0.05, 0.1) is 0 Å². The third-order valence-corrected chi connectivity index (χ3v) is 3.90. The molecule has 0 bridgehead atoms. The summed E-state index contributed by atoms with van der Waals surface area (Å²) in [6, 6.07) is 0. The normalized spacial score (nSPS) is 17.9. The maximum absolute atomic E-state index is 5.78. The van der Waals surface area contributed by atoms with E-state index in [2.05, 4.69) is 19.9 Å². The second-order valence-corrected chi connectivity index (χ2v) is 5.49. The molecular formula is C15H19N5.